The van der Waals surface area contributed by atoms with Crippen LogP contribution in [0.2, 0.25) is 0 Å². The predicted molar refractivity (Wildman–Crippen MR) is 46.3 cm³/mol. The summed E-state index contributed by atoms with van der Waals surface area (Å²) >= 11 is 5.40. The summed E-state index contributed by atoms with van der Waals surface area (Å²) in [5.41, 5.74) is 7.47. The van der Waals surface area contributed by atoms with Crippen molar-refractivity contribution in [2.24, 2.45) is 5.73 Å². The van der Waals surface area contributed by atoms with E-state index in [2.05, 4.69) is 5.32 Å². The van der Waals surface area contributed by atoms with E-state index in [1.54, 1.807) is 0 Å². The van der Waals surface area contributed by atoms with Crippen LogP contribution in [-0.4, -0.2) is 19.0 Å². The zero-order valence-corrected chi connectivity index (χ0v) is 7.32. The summed E-state index contributed by atoms with van der Waals surface area (Å²) in [4.78, 5) is 10.3. The number of nitrogens with one attached hydrogen (secondary N) is 1. The summed E-state index contributed by atoms with van der Waals surface area (Å²) in [7, 11) is 0. The van der Waals surface area contributed by atoms with Crippen LogP contribution in [0.15, 0.2) is 11.1 Å². The fourth-order valence-corrected chi connectivity index (χ4v) is 0.613. The van der Waals surface area contributed by atoms with Gasteiger partial charge < -0.3 is 11.1 Å². The molecule has 0 radical (unpaired) electrons. The summed E-state index contributed by atoms with van der Waals surface area (Å²) in [5.74, 6) is -0.287. The summed E-state index contributed by atoms with van der Waals surface area (Å²) in [6, 6.07) is 0. The summed E-state index contributed by atoms with van der Waals surface area (Å²) in [6.45, 7) is 3.22. The molecule has 0 unspecified atom stereocenters. The molecule has 0 atom stereocenters. The van der Waals surface area contributed by atoms with Crippen molar-refractivity contribution in [3.63, 3.8) is 0 Å². The lowest BCUT2D eigenvalue weighted by atomic mass is 10.3. The van der Waals surface area contributed by atoms with Gasteiger partial charge in [0.25, 0.3) is 0 Å². The van der Waals surface area contributed by atoms with Crippen molar-refractivity contribution in [3.8, 4) is 0 Å². The topological polar surface area (TPSA) is 55.1 Å². The highest BCUT2D eigenvalue weighted by Crippen LogP contribution is 1.91. The first-order chi connectivity index (χ1) is 5.16. The van der Waals surface area contributed by atoms with Crippen molar-refractivity contribution in [2.75, 3.05) is 13.1 Å². The van der Waals surface area contributed by atoms with Crippen molar-refractivity contribution in [1.29, 1.82) is 0 Å². The first kappa shape index (κ1) is 10.5. The standard InChI is InChI=1S/C7H13ClN2O/c1-6(4-8)5-10-3-2-7(9)11/h4,10H,2-3,5H2,1H3,(H2,9,11). The highest BCUT2D eigenvalue weighted by molar-refractivity contribution is 6.25. The number of nitrogens with two attached hydrogens (primary N) is 1. The third-order valence-electron chi connectivity index (χ3n) is 1.14. The van der Waals surface area contributed by atoms with Crippen LogP contribution in [0.3, 0.4) is 0 Å². The summed E-state index contributed by atoms with van der Waals surface area (Å²) < 4.78 is 0. The maximum atomic E-state index is 10.3. The van der Waals surface area contributed by atoms with Crippen LogP contribution in [0, 0.1) is 0 Å². The van der Waals surface area contributed by atoms with Crippen LogP contribution < -0.4 is 11.1 Å². The van der Waals surface area contributed by atoms with Crippen molar-refractivity contribution in [2.45, 2.75) is 13.3 Å². The molecule has 0 aliphatic rings. The van der Waals surface area contributed by atoms with E-state index in [1.807, 2.05) is 6.92 Å². The van der Waals surface area contributed by atoms with Crippen LogP contribution in [0.5, 0.6) is 0 Å². The maximum Gasteiger partial charge on any atom is 0.218 e. The first-order valence-corrected chi connectivity index (χ1v) is 3.85. The molecule has 4 heteroatoms. The van der Waals surface area contributed by atoms with Crippen LogP contribution in [0.4, 0.5) is 0 Å². The molecule has 0 saturated carbocycles. The molecular weight excluding hydrogens is 164 g/mol. The average Bonchev–Trinajstić information content (AvgIpc) is 1.97. The predicted octanol–water partition coefficient (Wildman–Crippen LogP) is 0.594. The fourth-order valence-electron chi connectivity index (χ4n) is 0.536. The zero-order chi connectivity index (χ0) is 8.69. The van der Waals surface area contributed by atoms with Gasteiger partial charge in [-0.1, -0.05) is 11.6 Å². The number of hydrogen-bond acceptors (Lipinski definition) is 2. The number of amides is 1. The van der Waals surface area contributed by atoms with Crippen LogP contribution >= 0.6 is 11.6 Å². The Balaban J connectivity index is 3.21. The smallest absolute Gasteiger partial charge is 0.218 e. The maximum absolute atomic E-state index is 10.3. The van der Waals surface area contributed by atoms with E-state index < -0.39 is 0 Å². The monoisotopic (exact) mass is 176 g/mol. The van der Waals surface area contributed by atoms with Gasteiger partial charge in [-0.2, -0.15) is 0 Å². The van der Waals surface area contributed by atoms with E-state index >= 15 is 0 Å². The Bertz CT molecular complexity index is 157. The molecule has 11 heavy (non-hydrogen) atoms. The molecule has 0 heterocycles. The van der Waals surface area contributed by atoms with Crippen molar-refractivity contribution in [1.82, 2.24) is 5.32 Å². The molecule has 0 aromatic rings. The van der Waals surface area contributed by atoms with E-state index in [0.717, 1.165) is 5.57 Å². The van der Waals surface area contributed by atoms with Gasteiger partial charge in [-0.05, 0) is 12.5 Å². The van der Waals surface area contributed by atoms with Gasteiger partial charge in [-0.25, -0.2) is 0 Å². The Labute approximate surface area is 71.6 Å². The second-order valence-corrected chi connectivity index (χ2v) is 2.57. The SMILES string of the molecule is CC(=CCl)CNCCC(N)=O. The molecule has 1 amide bonds. The molecule has 0 fully saturated rings. The second kappa shape index (κ2) is 6.19. The molecule has 0 aromatic carbocycles. The molecule has 0 bridgehead atoms. The van der Waals surface area contributed by atoms with Crippen LogP contribution in [0.25, 0.3) is 0 Å². The highest BCUT2D eigenvalue weighted by Gasteiger charge is 1.92. The third-order valence-corrected chi connectivity index (χ3v) is 1.51. The Morgan fingerprint density at radius 1 is 1.73 bits per heavy atom. The largest absolute Gasteiger partial charge is 0.370 e. The van der Waals surface area contributed by atoms with Gasteiger partial charge in [0.15, 0.2) is 0 Å². The number of hydrogen-bond donors (Lipinski definition) is 2. The summed E-state index contributed by atoms with van der Waals surface area (Å²) in [5, 5.41) is 3.01. The van der Waals surface area contributed by atoms with Gasteiger partial charge in [0.1, 0.15) is 0 Å². The molecule has 3 nitrogen and oxygen atoms in total. The number of halogens is 1. The molecule has 0 saturated heterocycles. The number of rotatable bonds is 5. The van der Waals surface area contributed by atoms with E-state index in [1.165, 1.54) is 5.54 Å². The first-order valence-electron chi connectivity index (χ1n) is 3.41. The minimum Gasteiger partial charge on any atom is -0.370 e. The Kier molecular flexibility index (Phi) is 5.88. The molecular formula is C7H13ClN2O. The Hall–Kier alpha value is -0.540. The normalized spacial score (nSPS) is 11.6. The number of carbonyl (C=O) groups is 1. The van der Waals surface area contributed by atoms with E-state index in [4.69, 9.17) is 17.3 Å². The van der Waals surface area contributed by atoms with E-state index in [-0.39, 0.29) is 5.91 Å². The molecule has 0 rings (SSSR count). The summed E-state index contributed by atoms with van der Waals surface area (Å²) in [6.07, 6.45) is 0.371. The lowest BCUT2D eigenvalue weighted by Crippen LogP contribution is -2.23. The van der Waals surface area contributed by atoms with E-state index in [0.29, 0.717) is 19.5 Å². The van der Waals surface area contributed by atoms with Crippen molar-refractivity contribution in [3.05, 3.63) is 11.1 Å². The third kappa shape index (κ3) is 7.36. The molecule has 0 aliphatic carbocycles. The van der Waals surface area contributed by atoms with E-state index in [9.17, 15) is 4.79 Å². The minimum absolute atomic E-state index is 0.287. The van der Waals surface area contributed by atoms with Gasteiger partial charge in [-0.3, -0.25) is 4.79 Å². The van der Waals surface area contributed by atoms with Gasteiger partial charge in [0.05, 0.1) is 0 Å². The van der Waals surface area contributed by atoms with Crippen LogP contribution in [-0.2, 0) is 4.79 Å². The fraction of sp³-hybridized carbons (Fsp3) is 0.571. The van der Waals surface area contributed by atoms with Crippen molar-refractivity contribution >= 4 is 17.5 Å². The van der Waals surface area contributed by atoms with Gasteiger partial charge in [0, 0.05) is 25.0 Å². The number of carbonyl (C=O) groups excluding carboxylic acids is 1. The van der Waals surface area contributed by atoms with Crippen LogP contribution in [0.1, 0.15) is 13.3 Å². The minimum atomic E-state index is -0.287. The van der Waals surface area contributed by atoms with Crippen molar-refractivity contribution < 1.29 is 4.79 Å². The molecule has 64 valence electrons. The Morgan fingerprint density at radius 3 is 2.82 bits per heavy atom. The highest BCUT2D eigenvalue weighted by atomic mass is 35.5. The lowest BCUT2D eigenvalue weighted by Gasteiger charge is -2.01. The van der Waals surface area contributed by atoms with Gasteiger partial charge in [0.2, 0.25) is 5.91 Å². The molecule has 3 N–H and O–H groups in total. The molecule has 0 spiro atoms. The quantitative estimate of drug-likeness (QED) is 0.603. The average molecular weight is 177 g/mol. The lowest BCUT2D eigenvalue weighted by molar-refractivity contribution is -0.117. The Morgan fingerprint density at radius 2 is 2.36 bits per heavy atom. The second-order valence-electron chi connectivity index (χ2n) is 2.35. The molecule has 0 aliphatic heterocycles. The molecule has 0 aromatic heterocycles. The van der Waals surface area contributed by atoms with Gasteiger partial charge in [-0.15, -0.1) is 0 Å². The van der Waals surface area contributed by atoms with Gasteiger partial charge >= 0.3 is 0 Å². The number of primary amides is 1. The zero-order valence-electron chi connectivity index (χ0n) is 6.56.